The molecule has 0 unspecified atom stereocenters. The van der Waals surface area contributed by atoms with Crippen LogP contribution in [0.25, 0.3) is 0 Å². The number of pyridine rings is 1. The first-order valence-electron chi connectivity index (χ1n) is 7.37. The Morgan fingerprint density at radius 2 is 1.91 bits per heavy atom. The number of aryl methyl sites for hydroxylation is 1. The minimum Gasteiger partial charge on any atom is -0.437 e. The first-order chi connectivity index (χ1) is 11.0. The van der Waals surface area contributed by atoms with Gasteiger partial charge in [0.1, 0.15) is 10.6 Å². The molecule has 1 aliphatic rings. The third kappa shape index (κ3) is 3.49. The van der Waals surface area contributed by atoms with Crippen molar-refractivity contribution >= 4 is 21.6 Å². The van der Waals surface area contributed by atoms with Crippen molar-refractivity contribution in [1.82, 2.24) is 9.29 Å². The summed E-state index contributed by atoms with van der Waals surface area (Å²) in [5.74, 6) is 0.798. The summed E-state index contributed by atoms with van der Waals surface area (Å²) in [6.07, 6.45) is 3.13. The molecule has 0 aliphatic carbocycles. The molecule has 0 N–H and O–H groups in total. The van der Waals surface area contributed by atoms with E-state index in [0.717, 1.165) is 18.4 Å². The predicted octanol–water partition coefficient (Wildman–Crippen LogP) is 3.62. The summed E-state index contributed by atoms with van der Waals surface area (Å²) >= 11 is 6.08. The molecule has 7 heteroatoms. The summed E-state index contributed by atoms with van der Waals surface area (Å²) < 4.78 is 32.0. The average molecular weight is 353 g/mol. The fraction of sp³-hybridized carbons (Fsp3) is 0.312. The van der Waals surface area contributed by atoms with Crippen LogP contribution >= 0.6 is 11.6 Å². The lowest BCUT2D eigenvalue weighted by molar-refractivity contribution is 0.459. The van der Waals surface area contributed by atoms with Gasteiger partial charge in [-0.25, -0.2) is 13.4 Å². The maximum atomic E-state index is 12.4. The van der Waals surface area contributed by atoms with E-state index in [4.69, 9.17) is 16.3 Å². The van der Waals surface area contributed by atoms with Crippen LogP contribution in [0.5, 0.6) is 11.6 Å². The van der Waals surface area contributed by atoms with Crippen LogP contribution in [0.3, 0.4) is 0 Å². The molecule has 2 aromatic rings. The van der Waals surface area contributed by atoms with Gasteiger partial charge < -0.3 is 4.74 Å². The second kappa shape index (κ2) is 6.47. The smallest absolute Gasteiger partial charge is 0.244 e. The molecule has 1 saturated heterocycles. The third-order valence-corrected chi connectivity index (χ3v) is 5.91. The molecular weight excluding hydrogens is 336 g/mol. The van der Waals surface area contributed by atoms with E-state index in [2.05, 4.69) is 4.98 Å². The summed E-state index contributed by atoms with van der Waals surface area (Å²) in [5, 5.41) is 0.478. The lowest BCUT2D eigenvalue weighted by atomic mass is 10.2. The van der Waals surface area contributed by atoms with Gasteiger partial charge in [0.15, 0.2) is 0 Å². The number of halogens is 1. The van der Waals surface area contributed by atoms with Gasteiger partial charge in [-0.15, -0.1) is 0 Å². The molecule has 0 bridgehead atoms. The summed E-state index contributed by atoms with van der Waals surface area (Å²) in [6.45, 7) is 3.07. The maximum absolute atomic E-state index is 12.4. The van der Waals surface area contributed by atoms with Crippen molar-refractivity contribution in [3.8, 4) is 11.6 Å². The molecule has 1 aromatic heterocycles. The van der Waals surface area contributed by atoms with E-state index in [0.29, 0.717) is 29.7 Å². The standard InChI is InChI=1S/C16H17ClN2O3S/c1-12-4-6-14(17)15(10-12)22-16-7-5-13(11-18-16)23(20,21)19-8-2-3-9-19/h4-7,10-11H,2-3,8-9H2,1H3. The Morgan fingerprint density at radius 1 is 1.17 bits per heavy atom. The van der Waals surface area contributed by atoms with Crippen molar-refractivity contribution in [1.29, 1.82) is 0 Å². The zero-order valence-corrected chi connectivity index (χ0v) is 14.3. The molecule has 23 heavy (non-hydrogen) atoms. The summed E-state index contributed by atoms with van der Waals surface area (Å²) in [4.78, 5) is 4.28. The Kier molecular flexibility index (Phi) is 4.57. The van der Waals surface area contributed by atoms with Crippen LogP contribution < -0.4 is 4.74 Å². The minimum absolute atomic E-state index is 0.182. The molecule has 1 aliphatic heterocycles. The first kappa shape index (κ1) is 16.2. The monoisotopic (exact) mass is 352 g/mol. The summed E-state index contributed by atoms with van der Waals surface area (Å²) in [7, 11) is -3.45. The number of hydrogen-bond acceptors (Lipinski definition) is 4. The Hall–Kier alpha value is -1.63. The molecule has 0 saturated carbocycles. The summed E-state index contributed by atoms with van der Waals surface area (Å²) in [5.41, 5.74) is 1.01. The van der Waals surface area contributed by atoms with Crippen LogP contribution in [-0.4, -0.2) is 30.8 Å². The first-order valence-corrected chi connectivity index (χ1v) is 9.19. The number of rotatable bonds is 4. The second-order valence-corrected chi connectivity index (χ2v) is 7.82. The summed E-state index contributed by atoms with van der Waals surface area (Å²) in [6, 6.07) is 8.49. The van der Waals surface area contributed by atoms with Crippen LogP contribution in [0.1, 0.15) is 18.4 Å². The fourth-order valence-corrected chi connectivity index (χ4v) is 4.08. The molecule has 3 rings (SSSR count). The predicted molar refractivity (Wildman–Crippen MR) is 88.5 cm³/mol. The highest BCUT2D eigenvalue weighted by atomic mass is 35.5. The highest BCUT2D eigenvalue weighted by Gasteiger charge is 2.27. The quantitative estimate of drug-likeness (QED) is 0.843. The van der Waals surface area contributed by atoms with Crippen molar-refractivity contribution in [2.75, 3.05) is 13.1 Å². The molecule has 0 spiro atoms. The normalized spacial score (nSPS) is 15.7. The van der Waals surface area contributed by atoms with Crippen LogP contribution in [-0.2, 0) is 10.0 Å². The van der Waals surface area contributed by atoms with Gasteiger partial charge in [0, 0.05) is 19.2 Å². The molecule has 2 heterocycles. The lowest BCUT2D eigenvalue weighted by Crippen LogP contribution is -2.27. The highest BCUT2D eigenvalue weighted by Crippen LogP contribution is 2.30. The lowest BCUT2D eigenvalue weighted by Gasteiger charge is -2.15. The van der Waals surface area contributed by atoms with Crippen molar-refractivity contribution in [2.24, 2.45) is 0 Å². The Morgan fingerprint density at radius 3 is 2.57 bits per heavy atom. The number of benzene rings is 1. The van der Waals surface area contributed by atoms with Crippen molar-refractivity contribution < 1.29 is 13.2 Å². The van der Waals surface area contributed by atoms with E-state index in [1.807, 2.05) is 13.0 Å². The average Bonchev–Trinajstić information content (AvgIpc) is 3.07. The van der Waals surface area contributed by atoms with Crippen molar-refractivity contribution in [3.63, 3.8) is 0 Å². The Bertz CT molecular complexity index is 801. The molecule has 5 nitrogen and oxygen atoms in total. The largest absolute Gasteiger partial charge is 0.437 e. The van der Waals surface area contributed by atoms with Gasteiger partial charge in [-0.2, -0.15) is 4.31 Å². The maximum Gasteiger partial charge on any atom is 0.244 e. The van der Waals surface area contributed by atoms with E-state index >= 15 is 0 Å². The van der Waals surface area contributed by atoms with Gasteiger partial charge in [-0.05, 0) is 43.5 Å². The zero-order valence-electron chi connectivity index (χ0n) is 12.7. The number of hydrogen-bond donors (Lipinski definition) is 0. The second-order valence-electron chi connectivity index (χ2n) is 5.48. The van der Waals surface area contributed by atoms with Crippen LogP contribution in [0.2, 0.25) is 5.02 Å². The van der Waals surface area contributed by atoms with E-state index < -0.39 is 10.0 Å². The number of aromatic nitrogens is 1. The van der Waals surface area contributed by atoms with Gasteiger partial charge in [0.2, 0.25) is 15.9 Å². The van der Waals surface area contributed by atoms with E-state index in [1.165, 1.54) is 16.6 Å². The van der Waals surface area contributed by atoms with Crippen LogP contribution in [0.4, 0.5) is 0 Å². The molecule has 122 valence electrons. The Labute approximate surface area is 140 Å². The zero-order chi connectivity index (χ0) is 16.4. The molecule has 0 atom stereocenters. The number of nitrogens with zero attached hydrogens (tertiary/aromatic N) is 2. The van der Waals surface area contributed by atoms with Crippen LogP contribution in [0, 0.1) is 6.92 Å². The SMILES string of the molecule is Cc1ccc(Cl)c(Oc2ccc(S(=O)(=O)N3CCCC3)cn2)c1. The van der Waals surface area contributed by atoms with E-state index in [1.54, 1.807) is 18.2 Å². The number of ether oxygens (including phenoxy) is 1. The van der Waals surface area contributed by atoms with Crippen molar-refractivity contribution in [3.05, 3.63) is 47.1 Å². The topological polar surface area (TPSA) is 59.5 Å². The third-order valence-electron chi connectivity index (χ3n) is 3.71. The molecule has 0 amide bonds. The highest BCUT2D eigenvalue weighted by molar-refractivity contribution is 7.89. The Balaban J connectivity index is 1.81. The fourth-order valence-electron chi connectivity index (χ4n) is 2.46. The van der Waals surface area contributed by atoms with Crippen LogP contribution in [0.15, 0.2) is 41.4 Å². The molecule has 1 fully saturated rings. The molecular formula is C16H17ClN2O3S. The van der Waals surface area contributed by atoms with E-state index in [9.17, 15) is 8.42 Å². The van der Waals surface area contributed by atoms with Crippen molar-refractivity contribution in [2.45, 2.75) is 24.7 Å². The van der Waals surface area contributed by atoms with Gasteiger partial charge in [0.25, 0.3) is 0 Å². The van der Waals surface area contributed by atoms with Gasteiger partial charge in [0.05, 0.1) is 11.2 Å². The molecule has 1 aromatic carbocycles. The number of sulfonamides is 1. The van der Waals surface area contributed by atoms with Gasteiger partial charge >= 0.3 is 0 Å². The minimum atomic E-state index is -3.45. The van der Waals surface area contributed by atoms with E-state index in [-0.39, 0.29) is 4.90 Å². The van der Waals surface area contributed by atoms with Gasteiger partial charge in [-0.3, -0.25) is 0 Å². The molecule has 0 radical (unpaired) electrons. The van der Waals surface area contributed by atoms with Gasteiger partial charge in [-0.1, -0.05) is 17.7 Å².